The van der Waals surface area contributed by atoms with Gasteiger partial charge in [-0.1, -0.05) is 22.6 Å². The molecule has 0 aliphatic heterocycles. The summed E-state index contributed by atoms with van der Waals surface area (Å²) < 4.78 is 1.06. The molecule has 0 nitrogen and oxygen atoms in total. The highest BCUT2D eigenvalue weighted by molar-refractivity contribution is 14.1. The fraction of sp³-hybridized carbons (Fsp3) is 1.00. The predicted octanol–water partition coefficient (Wildman–Crippen LogP) is 3.25. The number of rotatable bonds is 0. The van der Waals surface area contributed by atoms with Gasteiger partial charge in [-0.2, -0.15) is 0 Å². The van der Waals surface area contributed by atoms with E-state index in [0.717, 1.165) is 27.6 Å². The Kier molecular flexibility index (Phi) is 1.54. The molecule has 0 amide bonds. The third-order valence-corrected chi connectivity index (χ3v) is 6.15. The van der Waals surface area contributed by atoms with E-state index in [1.807, 2.05) is 0 Å². The Bertz CT molecular complexity index is 148. The first-order chi connectivity index (χ1) is 5.33. The van der Waals surface area contributed by atoms with Gasteiger partial charge >= 0.3 is 0 Å². The lowest BCUT2D eigenvalue weighted by Gasteiger charge is -2.52. The monoisotopic (exact) mass is 262 g/mol. The third kappa shape index (κ3) is 0.991. The standard InChI is InChI=1S/C10H15I/c11-10-8-2-6-1-7(4-8)5-9(10)3-6/h6-10H,1-5H2. The number of halogens is 1. The van der Waals surface area contributed by atoms with Crippen LogP contribution in [0.3, 0.4) is 0 Å². The lowest BCUT2D eigenvalue weighted by molar-refractivity contribution is 0.0318. The van der Waals surface area contributed by atoms with Crippen molar-refractivity contribution in [3.63, 3.8) is 0 Å². The van der Waals surface area contributed by atoms with E-state index in [1.54, 1.807) is 32.1 Å². The maximum Gasteiger partial charge on any atom is 0.0166 e. The summed E-state index contributed by atoms with van der Waals surface area (Å²) in [6, 6.07) is 0. The van der Waals surface area contributed by atoms with Crippen molar-refractivity contribution in [3.05, 3.63) is 0 Å². The van der Waals surface area contributed by atoms with E-state index in [0.29, 0.717) is 0 Å². The first-order valence-corrected chi connectivity index (χ1v) is 6.21. The lowest BCUT2D eigenvalue weighted by Crippen LogP contribution is -2.45. The van der Waals surface area contributed by atoms with Crippen molar-refractivity contribution < 1.29 is 0 Å². The molecule has 4 aliphatic carbocycles. The third-order valence-electron chi connectivity index (χ3n) is 4.11. The minimum absolute atomic E-state index is 1.06. The summed E-state index contributed by atoms with van der Waals surface area (Å²) in [5, 5.41) is 0. The highest BCUT2D eigenvalue weighted by atomic mass is 127. The maximum atomic E-state index is 2.73. The maximum absolute atomic E-state index is 2.73. The normalized spacial score (nSPS) is 60.3. The Hall–Kier alpha value is 0.730. The molecule has 0 spiro atoms. The van der Waals surface area contributed by atoms with Crippen LogP contribution >= 0.6 is 22.6 Å². The molecule has 0 aromatic rings. The van der Waals surface area contributed by atoms with E-state index in [9.17, 15) is 0 Å². The minimum Gasteiger partial charge on any atom is -0.0820 e. The Morgan fingerprint density at radius 2 is 1.18 bits per heavy atom. The van der Waals surface area contributed by atoms with Crippen LogP contribution in [0.2, 0.25) is 0 Å². The zero-order chi connectivity index (χ0) is 7.42. The smallest absolute Gasteiger partial charge is 0.0166 e. The summed E-state index contributed by atoms with van der Waals surface area (Å²) in [6.45, 7) is 0. The first-order valence-electron chi connectivity index (χ1n) is 4.97. The van der Waals surface area contributed by atoms with Gasteiger partial charge in [0, 0.05) is 3.92 Å². The average Bonchev–Trinajstić information content (AvgIpc) is 1.98. The summed E-state index contributed by atoms with van der Waals surface area (Å²) in [4.78, 5) is 0. The molecule has 11 heavy (non-hydrogen) atoms. The minimum atomic E-state index is 1.06. The Morgan fingerprint density at radius 3 is 1.64 bits per heavy atom. The highest BCUT2D eigenvalue weighted by Crippen LogP contribution is 2.55. The van der Waals surface area contributed by atoms with Crippen molar-refractivity contribution in [1.29, 1.82) is 0 Å². The van der Waals surface area contributed by atoms with E-state index in [2.05, 4.69) is 22.6 Å². The van der Waals surface area contributed by atoms with E-state index >= 15 is 0 Å². The summed E-state index contributed by atoms with van der Waals surface area (Å²) >= 11 is 2.73. The molecule has 0 radical (unpaired) electrons. The second-order valence-electron chi connectivity index (χ2n) is 4.88. The molecule has 4 fully saturated rings. The van der Waals surface area contributed by atoms with Gasteiger partial charge in [0.25, 0.3) is 0 Å². The Balaban J connectivity index is 1.91. The van der Waals surface area contributed by atoms with Crippen LogP contribution in [-0.2, 0) is 0 Å². The quantitative estimate of drug-likeness (QED) is 0.464. The lowest BCUT2D eigenvalue weighted by atomic mass is 9.56. The zero-order valence-corrected chi connectivity index (χ0v) is 8.96. The number of hydrogen-bond donors (Lipinski definition) is 0. The Labute approximate surface area is 82.3 Å². The topological polar surface area (TPSA) is 0 Å². The SMILES string of the molecule is IC1C2CC3CC(C2)CC1C3. The molecule has 0 aromatic heterocycles. The predicted molar refractivity (Wildman–Crippen MR) is 54.9 cm³/mol. The number of hydrogen-bond acceptors (Lipinski definition) is 0. The van der Waals surface area contributed by atoms with Gasteiger partial charge in [-0.15, -0.1) is 0 Å². The molecule has 1 heteroatoms. The Morgan fingerprint density at radius 1 is 0.727 bits per heavy atom. The zero-order valence-electron chi connectivity index (χ0n) is 6.80. The first kappa shape index (κ1) is 7.16. The largest absolute Gasteiger partial charge is 0.0820 e. The molecule has 4 saturated carbocycles. The summed E-state index contributed by atoms with van der Waals surface area (Å²) in [7, 11) is 0. The summed E-state index contributed by atoms with van der Waals surface area (Å²) in [5.74, 6) is 4.57. The molecular formula is C10H15I. The van der Waals surface area contributed by atoms with E-state index in [1.165, 1.54) is 0 Å². The van der Waals surface area contributed by atoms with Gasteiger partial charge in [-0.05, 0) is 55.8 Å². The van der Waals surface area contributed by atoms with Crippen LogP contribution in [0.15, 0.2) is 0 Å². The number of alkyl halides is 1. The second-order valence-corrected chi connectivity index (χ2v) is 6.31. The van der Waals surface area contributed by atoms with Gasteiger partial charge < -0.3 is 0 Å². The molecule has 4 aliphatic rings. The van der Waals surface area contributed by atoms with Crippen LogP contribution in [0.25, 0.3) is 0 Å². The molecule has 0 saturated heterocycles. The molecule has 0 heterocycles. The molecule has 0 unspecified atom stereocenters. The van der Waals surface area contributed by atoms with Crippen molar-refractivity contribution in [2.45, 2.75) is 36.0 Å². The molecule has 0 aromatic carbocycles. The van der Waals surface area contributed by atoms with Crippen LogP contribution in [0.1, 0.15) is 32.1 Å². The highest BCUT2D eigenvalue weighted by Gasteiger charge is 2.46. The molecule has 4 rings (SSSR count). The van der Waals surface area contributed by atoms with Crippen LogP contribution in [0.4, 0.5) is 0 Å². The van der Waals surface area contributed by atoms with Gasteiger partial charge in [-0.3, -0.25) is 0 Å². The van der Waals surface area contributed by atoms with Gasteiger partial charge in [0.05, 0.1) is 0 Å². The van der Waals surface area contributed by atoms with Crippen LogP contribution in [0.5, 0.6) is 0 Å². The molecular weight excluding hydrogens is 247 g/mol. The molecule has 0 atom stereocenters. The van der Waals surface area contributed by atoms with Crippen LogP contribution < -0.4 is 0 Å². The van der Waals surface area contributed by atoms with Crippen molar-refractivity contribution in [2.24, 2.45) is 23.7 Å². The van der Waals surface area contributed by atoms with E-state index in [-0.39, 0.29) is 0 Å². The summed E-state index contributed by atoms with van der Waals surface area (Å²) in [5.41, 5.74) is 0. The van der Waals surface area contributed by atoms with E-state index in [4.69, 9.17) is 0 Å². The van der Waals surface area contributed by atoms with Gasteiger partial charge in [-0.25, -0.2) is 0 Å². The van der Waals surface area contributed by atoms with Crippen molar-refractivity contribution in [3.8, 4) is 0 Å². The molecule has 0 N–H and O–H groups in total. The van der Waals surface area contributed by atoms with Crippen LogP contribution in [0, 0.1) is 23.7 Å². The van der Waals surface area contributed by atoms with Crippen LogP contribution in [-0.4, -0.2) is 3.92 Å². The molecule has 4 bridgehead atoms. The summed E-state index contributed by atoms with van der Waals surface area (Å²) in [6.07, 6.45) is 7.93. The fourth-order valence-electron chi connectivity index (χ4n) is 3.86. The van der Waals surface area contributed by atoms with Gasteiger partial charge in [0.2, 0.25) is 0 Å². The second kappa shape index (κ2) is 2.36. The van der Waals surface area contributed by atoms with Gasteiger partial charge in [0.15, 0.2) is 0 Å². The van der Waals surface area contributed by atoms with Gasteiger partial charge in [0.1, 0.15) is 0 Å². The van der Waals surface area contributed by atoms with E-state index < -0.39 is 0 Å². The fourth-order valence-corrected chi connectivity index (χ4v) is 5.03. The molecule has 62 valence electrons. The van der Waals surface area contributed by atoms with Crippen molar-refractivity contribution in [1.82, 2.24) is 0 Å². The van der Waals surface area contributed by atoms with Crippen molar-refractivity contribution >= 4 is 22.6 Å². The van der Waals surface area contributed by atoms with Crippen molar-refractivity contribution in [2.75, 3.05) is 0 Å². The average molecular weight is 262 g/mol.